The zero-order valence-corrected chi connectivity index (χ0v) is 24.3. The zero-order chi connectivity index (χ0) is 32.3. The molecule has 1 aliphatic rings. The Kier molecular flexibility index (Phi) is 9.53. The fourth-order valence-corrected chi connectivity index (χ4v) is 6.04. The van der Waals surface area contributed by atoms with Crippen LogP contribution in [0.2, 0.25) is 0 Å². The van der Waals surface area contributed by atoms with Gasteiger partial charge in [-0.1, -0.05) is 31.2 Å². The average molecular weight is 646 g/mol. The first-order chi connectivity index (χ1) is 20.6. The van der Waals surface area contributed by atoms with E-state index in [1.807, 2.05) is 0 Å². The lowest BCUT2D eigenvalue weighted by Crippen LogP contribution is -2.61. The van der Waals surface area contributed by atoms with E-state index in [2.05, 4.69) is 25.6 Å². The molecule has 238 valence electrons. The molecule has 0 bridgehead atoms. The summed E-state index contributed by atoms with van der Waals surface area (Å²) in [4.78, 5) is 27.3. The molecular weight excluding hydrogens is 617 g/mol. The van der Waals surface area contributed by atoms with Crippen LogP contribution in [0.25, 0.3) is 0 Å². The van der Waals surface area contributed by atoms with Crippen LogP contribution in [0.1, 0.15) is 30.3 Å². The molecule has 1 fully saturated rings. The van der Waals surface area contributed by atoms with Crippen LogP contribution < -0.4 is 10.1 Å². The van der Waals surface area contributed by atoms with Crippen LogP contribution in [0, 0.1) is 0 Å². The third kappa shape index (κ3) is 7.65. The molecule has 18 heteroatoms. The van der Waals surface area contributed by atoms with Crippen LogP contribution in [-0.2, 0) is 45.5 Å². The van der Waals surface area contributed by atoms with E-state index in [9.17, 15) is 40.0 Å². The Hall–Kier alpha value is -4.19. The SMILES string of the molecule is CCC(F)(F)c1ccc(CNC(=O)[C@H]2CN(C(=O)Cc3nnnn3C)CCN2S(=O)(=O)c2ccc(OC(F)(F)F)cc2)cc1. The molecule has 2 aromatic carbocycles. The second-order valence-electron chi connectivity index (χ2n) is 9.86. The number of carbonyl (C=O) groups is 2. The molecule has 0 saturated carbocycles. The number of carbonyl (C=O) groups excluding carboxylic acids is 2. The molecule has 1 aromatic heterocycles. The second-order valence-corrected chi connectivity index (χ2v) is 11.7. The summed E-state index contributed by atoms with van der Waals surface area (Å²) in [6.07, 6.45) is -5.60. The number of benzene rings is 2. The lowest BCUT2D eigenvalue weighted by molar-refractivity contribution is -0.274. The third-order valence-corrected chi connectivity index (χ3v) is 8.88. The number of ether oxygens (including phenoxy) is 1. The average Bonchev–Trinajstić information content (AvgIpc) is 3.38. The molecule has 4 rings (SSSR count). The van der Waals surface area contributed by atoms with Gasteiger partial charge in [0, 0.05) is 45.2 Å². The van der Waals surface area contributed by atoms with E-state index in [-0.39, 0.29) is 44.0 Å². The largest absolute Gasteiger partial charge is 0.573 e. The molecule has 12 nitrogen and oxygen atoms in total. The van der Waals surface area contributed by atoms with Gasteiger partial charge in [0.15, 0.2) is 5.82 Å². The number of nitrogens with zero attached hydrogens (tertiary/aromatic N) is 6. The monoisotopic (exact) mass is 645 g/mol. The second kappa shape index (κ2) is 12.8. The predicted octanol–water partition coefficient (Wildman–Crippen LogP) is 2.37. The highest BCUT2D eigenvalue weighted by Crippen LogP contribution is 2.31. The van der Waals surface area contributed by atoms with E-state index in [1.165, 1.54) is 47.8 Å². The topological polar surface area (TPSA) is 140 Å². The van der Waals surface area contributed by atoms with Crippen molar-refractivity contribution in [3.05, 3.63) is 65.5 Å². The number of hydrogen-bond acceptors (Lipinski definition) is 8. The molecule has 0 spiro atoms. The lowest BCUT2D eigenvalue weighted by atomic mass is 10.0. The van der Waals surface area contributed by atoms with Crippen LogP contribution in [0.4, 0.5) is 22.0 Å². The predicted molar refractivity (Wildman–Crippen MR) is 142 cm³/mol. The molecule has 2 amide bonds. The van der Waals surface area contributed by atoms with E-state index < -0.39 is 57.2 Å². The molecular formula is C26H28F5N7O5S. The van der Waals surface area contributed by atoms with Gasteiger partial charge in [-0.2, -0.15) is 4.31 Å². The van der Waals surface area contributed by atoms with Crippen LogP contribution in [0.5, 0.6) is 5.75 Å². The van der Waals surface area contributed by atoms with Crippen LogP contribution in [0.15, 0.2) is 53.4 Å². The van der Waals surface area contributed by atoms with Gasteiger partial charge in [0.25, 0.3) is 5.92 Å². The number of aromatic nitrogens is 4. The maximum atomic E-state index is 14.0. The van der Waals surface area contributed by atoms with Crippen molar-refractivity contribution in [2.75, 3.05) is 19.6 Å². The van der Waals surface area contributed by atoms with Crippen molar-refractivity contribution in [2.45, 2.75) is 49.5 Å². The van der Waals surface area contributed by atoms with Crippen molar-refractivity contribution in [3.8, 4) is 5.75 Å². The third-order valence-electron chi connectivity index (χ3n) is 6.95. The number of piperazine rings is 1. The van der Waals surface area contributed by atoms with Crippen molar-refractivity contribution < 1.29 is 44.7 Å². The fraction of sp³-hybridized carbons (Fsp3) is 0.423. The molecule has 3 aromatic rings. The minimum Gasteiger partial charge on any atom is -0.406 e. The minimum absolute atomic E-state index is 0.102. The standard InChI is InChI=1S/C26H28F5N7O5S/c1-3-25(27,28)18-6-4-17(5-7-18)15-32-24(40)21-16-37(23(39)14-22-33-34-35-36(22)2)12-13-38(21)44(41,42)20-10-8-19(9-11-20)43-26(29,30)31/h4-11,21H,3,12-16H2,1-2H3,(H,32,40)/t21-/m1/s1. The van der Waals surface area contributed by atoms with Crippen molar-refractivity contribution in [1.29, 1.82) is 0 Å². The Bertz CT molecular complexity index is 1580. The molecule has 2 heterocycles. The van der Waals surface area contributed by atoms with Gasteiger partial charge in [-0.15, -0.1) is 18.3 Å². The summed E-state index contributed by atoms with van der Waals surface area (Å²) in [5, 5.41) is 13.5. The van der Waals surface area contributed by atoms with Gasteiger partial charge in [-0.05, 0) is 40.3 Å². The normalized spacial score (nSPS) is 16.5. The van der Waals surface area contributed by atoms with Gasteiger partial charge < -0.3 is 15.0 Å². The van der Waals surface area contributed by atoms with Gasteiger partial charge in [-0.3, -0.25) is 9.59 Å². The number of alkyl halides is 5. The lowest BCUT2D eigenvalue weighted by Gasteiger charge is -2.39. The van der Waals surface area contributed by atoms with Crippen molar-refractivity contribution in [2.24, 2.45) is 7.05 Å². The molecule has 1 aliphatic heterocycles. The molecule has 1 atom stereocenters. The van der Waals surface area contributed by atoms with E-state index >= 15 is 0 Å². The van der Waals surface area contributed by atoms with Gasteiger partial charge in [0.05, 0.1) is 11.3 Å². The first kappa shape index (κ1) is 32.7. The van der Waals surface area contributed by atoms with Gasteiger partial charge in [0.2, 0.25) is 21.8 Å². The number of amides is 2. The molecule has 44 heavy (non-hydrogen) atoms. The smallest absolute Gasteiger partial charge is 0.406 e. The van der Waals surface area contributed by atoms with E-state index in [0.717, 1.165) is 28.6 Å². The highest BCUT2D eigenvalue weighted by Gasteiger charge is 2.41. The summed E-state index contributed by atoms with van der Waals surface area (Å²) < 4.78 is 98.8. The number of rotatable bonds is 10. The minimum atomic E-state index is -4.98. The van der Waals surface area contributed by atoms with E-state index in [1.54, 1.807) is 0 Å². The van der Waals surface area contributed by atoms with E-state index in [4.69, 9.17) is 0 Å². The number of aryl methyl sites for hydroxylation is 1. The number of sulfonamides is 1. The molecule has 0 radical (unpaired) electrons. The number of hydrogen-bond donors (Lipinski definition) is 1. The fourth-order valence-electron chi connectivity index (χ4n) is 4.47. The van der Waals surface area contributed by atoms with Crippen molar-refractivity contribution in [1.82, 2.24) is 34.7 Å². The van der Waals surface area contributed by atoms with Gasteiger partial charge >= 0.3 is 6.36 Å². The maximum Gasteiger partial charge on any atom is 0.573 e. The summed E-state index contributed by atoms with van der Waals surface area (Å²) in [5.41, 5.74) is 0.265. The van der Waals surface area contributed by atoms with Gasteiger partial charge in [-0.25, -0.2) is 21.9 Å². The number of tetrazole rings is 1. The summed E-state index contributed by atoms with van der Waals surface area (Å²) in [6.45, 7) is 0.441. The van der Waals surface area contributed by atoms with Gasteiger partial charge in [0.1, 0.15) is 11.8 Å². The summed E-state index contributed by atoms with van der Waals surface area (Å²) >= 11 is 0. The number of halogens is 5. The quantitative estimate of drug-likeness (QED) is 0.332. The molecule has 1 saturated heterocycles. The summed E-state index contributed by atoms with van der Waals surface area (Å²) in [6, 6.07) is 7.33. The van der Waals surface area contributed by atoms with Crippen LogP contribution in [0.3, 0.4) is 0 Å². The Balaban J connectivity index is 1.55. The molecule has 0 aliphatic carbocycles. The van der Waals surface area contributed by atoms with Crippen molar-refractivity contribution >= 4 is 21.8 Å². The number of nitrogens with one attached hydrogen (secondary N) is 1. The first-order valence-corrected chi connectivity index (χ1v) is 14.7. The Labute approximate surface area is 248 Å². The first-order valence-electron chi connectivity index (χ1n) is 13.2. The summed E-state index contributed by atoms with van der Waals surface area (Å²) in [5.74, 6) is -4.68. The summed E-state index contributed by atoms with van der Waals surface area (Å²) in [7, 11) is -2.92. The highest BCUT2D eigenvalue weighted by atomic mass is 32.2. The van der Waals surface area contributed by atoms with Crippen LogP contribution in [-0.4, -0.2) is 81.7 Å². The highest BCUT2D eigenvalue weighted by molar-refractivity contribution is 7.89. The Morgan fingerprint density at radius 3 is 2.25 bits per heavy atom. The zero-order valence-electron chi connectivity index (χ0n) is 23.5. The Morgan fingerprint density at radius 2 is 1.68 bits per heavy atom. The van der Waals surface area contributed by atoms with Crippen LogP contribution >= 0.6 is 0 Å². The van der Waals surface area contributed by atoms with E-state index in [0.29, 0.717) is 5.56 Å². The maximum absolute atomic E-state index is 14.0. The Morgan fingerprint density at radius 1 is 1.02 bits per heavy atom. The molecule has 0 unspecified atom stereocenters. The molecule has 1 N–H and O–H groups in total. The van der Waals surface area contributed by atoms with Crippen molar-refractivity contribution in [3.63, 3.8) is 0 Å².